The van der Waals surface area contributed by atoms with Gasteiger partial charge in [-0.25, -0.2) is 0 Å². The van der Waals surface area contributed by atoms with Crippen LogP contribution in [0.5, 0.6) is 0 Å². The van der Waals surface area contributed by atoms with Gasteiger partial charge in [0.1, 0.15) is 0 Å². The average Bonchev–Trinajstić information content (AvgIpc) is 3.44. The first-order valence-corrected chi connectivity index (χ1v) is 10.4. The van der Waals surface area contributed by atoms with E-state index in [1.54, 1.807) is 0 Å². The third-order valence-corrected chi connectivity index (χ3v) is 6.83. The van der Waals surface area contributed by atoms with Crippen LogP contribution in [0.4, 0.5) is 0 Å². The molecule has 3 heterocycles. The highest BCUT2D eigenvalue weighted by atomic mass is 14.9. The Morgan fingerprint density at radius 3 is 2.20 bits per heavy atom. The van der Waals surface area contributed by atoms with Crippen LogP contribution >= 0.6 is 0 Å². The van der Waals surface area contributed by atoms with Crippen molar-refractivity contribution in [3.8, 4) is 0 Å². The summed E-state index contributed by atoms with van der Waals surface area (Å²) in [5.74, 6) is 0. The molecule has 2 nitrogen and oxygen atoms in total. The molecule has 0 amide bonds. The van der Waals surface area contributed by atoms with Gasteiger partial charge in [0.15, 0.2) is 0 Å². The molecule has 0 aliphatic rings. The fourth-order valence-electron chi connectivity index (χ4n) is 5.60. The van der Waals surface area contributed by atoms with Crippen molar-refractivity contribution in [3.05, 3.63) is 91.0 Å². The summed E-state index contributed by atoms with van der Waals surface area (Å²) in [6.45, 7) is 0. The van der Waals surface area contributed by atoms with Crippen LogP contribution in [0, 0.1) is 0 Å². The van der Waals surface area contributed by atoms with Crippen LogP contribution in [0.3, 0.4) is 0 Å². The van der Waals surface area contributed by atoms with Crippen LogP contribution in [0.2, 0.25) is 0 Å². The Kier molecular flexibility index (Phi) is 2.44. The molecular formula is C28H16N2. The Labute approximate surface area is 171 Å². The highest BCUT2D eigenvalue weighted by Crippen LogP contribution is 2.41. The van der Waals surface area contributed by atoms with Gasteiger partial charge < -0.3 is 9.38 Å². The van der Waals surface area contributed by atoms with E-state index in [-0.39, 0.29) is 0 Å². The molecule has 3 aromatic heterocycles. The molecule has 0 unspecified atom stereocenters. The summed E-state index contributed by atoms with van der Waals surface area (Å²) in [6.07, 6.45) is 0. The number of nitrogens with one attached hydrogen (secondary N) is 1. The number of nitrogens with zero attached hydrogens (tertiary/aromatic N) is 1. The number of rotatable bonds is 0. The second kappa shape index (κ2) is 4.92. The Morgan fingerprint density at radius 1 is 0.500 bits per heavy atom. The normalized spacial score (nSPS) is 12.7. The Bertz CT molecular complexity index is 1950. The summed E-state index contributed by atoms with van der Waals surface area (Å²) in [7, 11) is 0. The molecule has 0 fully saturated rings. The van der Waals surface area contributed by atoms with Gasteiger partial charge in [-0.15, -0.1) is 0 Å². The van der Waals surface area contributed by atoms with E-state index in [1.807, 2.05) is 0 Å². The number of aromatic amines is 1. The predicted octanol–water partition coefficient (Wildman–Crippen LogP) is 7.62. The predicted molar refractivity (Wildman–Crippen MR) is 128 cm³/mol. The molecule has 138 valence electrons. The minimum atomic E-state index is 1.19. The summed E-state index contributed by atoms with van der Waals surface area (Å²) in [5, 5.41) is 10.5. The first kappa shape index (κ1) is 14.9. The molecule has 0 aliphatic carbocycles. The smallest absolute Gasteiger partial charge is 0.0620 e. The lowest BCUT2D eigenvalue weighted by molar-refractivity contribution is 1.37. The van der Waals surface area contributed by atoms with Gasteiger partial charge >= 0.3 is 0 Å². The van der Waals surface area contributed by atoms with Crippen molar-refractivity contribution in [1.29, 1.82) is 0 Å². The van der Waals surface area contributed by atoms with Gasteiger partial charge in [-0.1, -0.05) is 66.7 Å². The van der Waals surface area contributed by atoms with E-state index >= 15 is 0 Å². The maximum Gasteiger partial charge on any atom is 0.0620 e. The number of benzene rings is 5. The van der Waals surface area contributed by atoms with Crippen molar-refractivity contribution in [3.63, 3.8) is 0 Å². The highest BCUT2D eigenvalue weighted by molar-refractivity contribution is 6.28. The van der Waals surface area contributed by atoms with Crippen LogP contribution in [-0.2, 0) is 0 Å². The number of fused-ring (bicyclic) bond motifs is 11. The van der Waals surface area contributed by atoms with Crippen molar-refractivity contribution in [1.82, 2.24) is 9.38 Å². The molecule has 8 rings (SSSR count). The zero-order chi connectivity index (χ0) is 19.4. The van der Waals surface area contributed by atoms with Crippen LogP contribution < -0.4 is 0 Å². The molecule has 2 heteroatoms. The molecule has 30 heavy (non-hydrogen) atoms. The molecule has 5 aromatic carbocycles. The van der Waals surface area contributed by atoms with Gasteiger partial charge in [0.2, 0.25) is 0 Å². The highest BCUT2D eigenvalue weighted by Gasteiger charge is 2.18. The zero-order valence-electron chi connectivity index (χ0n) is 16.1. The van der Waals surface area contributed by atoms with Crippen molar-refractivity contribution in [2.75, 3.05) is 0 Å². The van der Waals surface area contributed by atoms with Gasteiger partial charge in [-0.3, -0.25) is 0 Å². The second-order valence-corrected chi connectivity index (χ2v) is 8.30. The zero-order valence-corrected chi connectivity index (χ0v) is 16.1. The van der Waals surface area contributed by atoms with E-state index in [2.05, 4.69) is 100 Å². The van der Waals surface area contributed by atoms with Crippen LogP contribution in [-0.4, -0.2) is 9.38 Å². The summed E-state index contributed by atoms with van der Waals surface area (Å²) < 4.78 is 2.44. The summed E-state index contributed by atoms with van der Waals surface area (Å²) in [6, 6.07) is 33.3. The average molecular weight is 380 g/mol. The van der Waals surface area contributed by atoms with E-state index in [0.717, 1.165) is 0 Å². The van der Waals surface area contributed by atoms with E-state index in [9.17, 15) is 0 Å². The number of para-hydroxylation sites is 2. The van der Waals surface area contributed by atoms with Crippen molar-refractivity contribution in [2.45, 2.75) is 0 Å². The number of hydrogen-bond acceptors (Lipinski definition) is 0. The topological polar surface area (TPSA) is 20.2 Å². The fourth-order valence-corrected chi connectivity index (χ4v) is 5.60. The third kappa shape index (κ3) is 1.60. The van der Waals surface area contributed by atoms with Gasteiger partial charge in [0.25, 0.3) is 0 Å². The van der Waals surface area contributed by atoms with Crippen LogP contribution in [0.15, 0.2) is 91.0 Å². The third-order valence-electron chi connectivity index (χ3n) is 6.83. The van der Waals surface area contributed by atoms with E-state index in [4.69, 9.17) is 0 Å². The Hall–Kier alpha value is -4.04. The van der Waals surface area contributed by atoms with E-state index in [0.29, 0.717) is 0 Å². The largest absolute Gasteiger partial charge is 0.354 e. The lowest BCUT2D eigenvalue weighted by Gasteiger charge is -2.01. The Morgan fingerprint density at radius 2 is 1.27 bits per heavy atom. The molecule has 0 bridgehead atoms. The van der Waals surface area contributed by atoms with E-state index < -0.39 is 0 Å². The number of H-pyrrole nitrogens is 1. The van der Waals surface area contributed by atoms with Crippen molar-refractivity contribution < 1.29 is 0 Å². The maximum absolute atomic E-state index is 3.69. The molecule has 0 aliphatic heterocycles. The lowest BCUT2D eigenvalue weighted by Crippen LogP contribution is -1.80. The van der Waals surface area contributed by atoms with Crippen molar-refractivity contribution >= 4 is 70.7 Å². The molecule has 0 saturated carbocycles. The minimum absolute atomic E-state index is 1.19. The van der Waals surface area contributed by atoms with Crippen LogP contribution in [0.1, 0.15) is 0 Å². The molecule has 1 N–H and O–H groups in total. The van der Waals surface area contributed by atoms with Crippen LogP contribution in [0.25, 0.3) is 70.7 Å². The first-order chi connectivity index (χ1) is 14.9. The maximum atomic E-state index is 3.69. The summed E-state index contributed by atoms with van der Waals surface area (Å²) >= 11 is 0. The summed E-state index contributed by atoms with van der Waals surface area (Å²) in [5.41, 5.74) is 6.27. The van der Waals surface area contributed by atoms with Gasteiger partial charge in [-0.2, -0.15) is 0 Å². The van der Waals surface area contributed by atoms with Crippen molar-refractivity contribution in [2.24, 2.45) is 0 Å². The molecule has 8 aromatic rings. The molecule has 0 radical (unpaired) electrons. The minimum Gasteiger partial charge on any atom is -0.354 e. The summed E-state index contributed by atoms with van der Waals surface area (Å²) in [4.78, 5) is 3.69. The first-order valence-electron chi connectivity index (χ1n) is 10.4. The standard InChI is InChI=1S/C28H16N2/c1-2-7-17-16(6-1)12-13-23-27(17)22-14-21-20-10-5-9-19-18-8-3-4-11-25(18)30(28(19)20)26(21)15-24(22)29-23/h1-15,29H. The lowest BCUT2D eigenvalue weighted by atomic mass is 10.0. The fraction of sp³-hybridized carbons (Fsp3) is 0. The number of aromatic nitrogens is 2. The second-order valence-electron chi connectivity index (χ2n) is 8.30. The van der Waals surface area contributed by atoms with Gasteiger partial charge in [0, 0.05) is 43.4 Å². The molecule has 0 spiro atoms. The van der Waals surface area contributed by atoms with Gasteiger partial charge in [-0.05, 0) is 35.0 Å². The molecule has 0 saturated heterocycles. The molecule has 0 atom stereocenters. The monoisotopic (exact) mass is 380 g/mol. The SMILES string of the molecule is c1ccc2c(c1)ccc1[nH]c3cc4c(cc3c12)c1cccc2c3ccccc3n4c21. The van der Waals surface area contributed by atoms with Gasteiger partial charge in [0.05, 0.1) is 16.6 Å². The molecular weight excluding hydrogens is 364 g/mol. The Balaban J connectivity index is 1.67. The number of hydrogen-bond donors (Lipinski definition) is 1. The van der Waals surface area contributed by atoms with E-state index in [1.165, 1.54) is 70.7 Å². The quantitative estimate of drug-likeness (QED) is 0.279.